The Balaban J connectivity index is 2.12. The zero-order valence-electron chi connectivity index (χ0n) is 23.8. The molecule has 3 rings (SSSR count). The number of hydrogen-bond donors (Lipinski definition) is 1. The van der Waals surface area contributed by atoms with Crippen molar-refractivity contribution in [2.24, 2.45) is 5.92 Å². The van der Waals surface area contributed by atoms with Gasteiger partial charge in [-0.25, -0.2) is 8.42 Å². The Morgan fingerprint density at radius 3 is 2.00 bits per heavy atom. The maximum Gasteiger partial charge on any atom is 0.311 e. The number of rotatable bonds is 12. The van der Waals surface area contributed by atoms with E-state index in [9.17, 15) is 18.3 Å². The molecule has 1 N–H and O–H groups in total. The standard InChI is InChI=1S/C32H41NO5S/c1-7-14-29(34)25(5)32(35)38-30(28-17-12-9-13-18-28)26(6)33(21-27-15-10-8-11-16-27)39(36,37)31-23(3)19-22(2)20-24(31)4/h8-13,15-20,25-26,29-30,34H,7,14,21H2,1-6H3/t25-,26+,29+,30+/m1/s1. The number of esters is 1. The fourth-order valence-electron chi connectivity index (χ4n) is 5.08. The molecule has 0 spiro atoms. The normalized spacial score (nSPS) is 15.0. The number of sulfonamides is 1. The lowest BCUT2D eigenvalue weighted by Crippen LogP contribution is -2.44. The van der Waals surface area contributed by atoms with Crippen molar-refractivity contribution < 1.29 is 23.1 Å². The monoisotopic (exact) mass is 551 g/mol. The van der Waals surface area contributed by atoms with Gasteiger partial charge in [-0.15, -0.1) is 0 Å². The van der Waals surface area contributed by atoms with Gasteiger partial charge in [-0.3, -0.25) is 4.79 Å². The van der Waals surface area contributed by atoms with Gasteiger partial charge >= 0.3 is 5.97 Å². The molecule has 0 radical (unpaired) electrons. The summed E-state index contributed by atoms with van der Waals surface area (Å²) in [5.41, 5.74) is 3.83. The minimum atomic E-state index is -4.02. The summed E-state index contributed by atoms with van der Waals surface area (Å²) in [6.07, 6.45) is -0.520. The Kier molecular flexibility index (Phi) is 10.5. The van der Waals surface area contributed by atoms with Gasteiger partial charge in [0.1, 0.15) is 6.10 Å². The summed E-state index contributed by atoms with van der Waals surface area (Å²) in [4.78, 5) is 13.5. The molecule has 0 fully saturated rings. The smallest absolute Gasteiger partial charge is 0.311 e. The molecule has 6 nitrogen and oxygen atoms in total. The second kappa shape index (κ2) is 13.4. The minimum Gasteiger partial charge on any atom is -0.455 e. The summed E-state index contributed by atoms with van der Waals surface area (Å²) < 4.78 is 36.3. The Labute approximate surface area is 233 Å². The van der Waals surface area contributed by atoms with Gasteiger partial charge in [0.2, 0.25) is 10.0 Å². The van der Waals surface area contributed by atoms with Crippen LogP contribution in [0.5, 0.6) is 0 Å². The number of aryl methyl sites for hydroxylation is 3. The number of ether oxygens (including phenoxy) is 1. The lowest BCUT2D eigenvalue weighted by molar-refractivity contribution is -0.160. The van der Waals surface area contributed by atoms with Crippen molar-refractivity contribution >= 4 is 16.0 Å². The van der Waals surface area contributed by atoms with E-state index in [0.717, 1.165) is 17.5 Å². The first-order valence-electron chi connectivity index (χ1n) is 13.5. The molecular formula is C32H41NO5S. The van der Waals surface area contributed by atoms with Crippen LogP contribution >= 0.6 is 0 Å². The first-order chi connectivity index (χ1) is 18.5. The van der Waals surface area contributed by atoms with E-state index < -0.39 is 40.2 Å². The van der Waals surface area contributed by atoms with E-state index in [2.05, 4.69) is 0 Å². The van der Waals surface area contributed by atoms with E-state index in [1.165, 1.54) is 4.31 Å². The predicted octanol–water partition coefficient (Wildman–Crippen LogP) is 6.27. The van der Waals surface area contributed by atoms with Crippen molar-refractivity contribution in [2.45, 2.75) is 84.1 Å². The number of hydrogen-bond acceptors (Lipinski definition) is 5. The van der Waals surface area contributed by atoms with Crippen LogP contribution < -0.4 is 0 Å². The first-order valence-corrected chi connectivity index (χ1v) is 15.0. The molecule has 0 unspecified atom stereocenters. The summed E-state index contributed by atoms with van der Waals surface area (Å²) in [6.45, 7) is 11.0. The lowest BCUT2D eigenvalue weighted by atomic mass is 9.99. The van der Waals surface area contributed by atoms with Crippen molar-refractivity contribution in [1.29, 1.82) is 0 Å². The van der Waals surface area contributed by atoms with Crippen LogP contribution in [0.15, 0.2) is 77.7 Å². The molecule has 3 aromatic rings. The maximum atomic E-state index is 14.4. The number of nitrogens with zero attached hydrogens (tertiary/aromatic N) is 1. The highest BCUT2D eigenvalue weighted by molar-refractivity contribution is 7.89. The topological polar surface area (TPSA) is 83.9 Å². The van der Waals surface area contributed by atoms with Crippen molar-refractivity contribution in [3.8, 4) is 0 Å². The number of aliphatic hydroxyl groups is 1. The molecule has 3 aromatic carbocycles. The molecule has 0 aliphatic rings. The molecule has 4 atom stereocenters. The second-order valence-corrected chi connectivity index (χ2v) is 12.2. The average molecular weight is 552 g/mol. The van der Waals surface area contributed by atoms with Crippen LogP contribution in [-0.2, 0) is 26.1 Å². The molecule has 0 aromatic heterocycles. The van der Waals surface area contributed by atoms with Gasteiger partial charge in [-0.1, -0.05) is 91.7 Å². The van der Waals surface area contributed by atoms with Crippen LogP contribution in [0.25, 0.3) is 0 Å². The molecule has 0 amide bonds. The highest BCUT2D eigenvalue weighted by Crippen LogP contribution is 2.34. The van der Waals surface area contributed by atoms with Crippen molar-refractivity contribution in [3.63, 3.8) is 0 Å². The van der Waals surface area contributed by atoms with Gasteiger partial charge in [0.15, 0.2) is 0 Å². The summed E-state index contributed by atoms with van der Waals surface area (Å²) in [7, 11) is -4.02. The van der Waals surface area contributed by atoms with Crippen LogP contribution in [0.2, 0.25) is 0 Å². The van der Waals surface area contributed by atoms with E-state index in [0.29, 0.717) is 23.1 Å². The van der Waals surface area contributed by atoms with E-state index in [1.807, 2.05) is 100 Å². The van der Waals surface area contributed by atoms with Gasteiger partial charge in [-0.2, -0.15) is 4.31 Å². The first kappa shape index (κ1) is 30.5. The molecule has 39 heavy (non-hydrogen) atoms. The average Bonchev–Trinajstić information content (AvgIpc) is 2.89. The molecule has 7 heteroatoms. The molecular weight excluding hydrogens is 510 g/mol. The molecule has 0 aliphatic heterocycles. The third kappa shape index (κ3) is 7.35. The van der Waals surface area contributed by atoms with E-state index >= 15 is 0 Å². The van der Waals surface area contributed by atoms with Crippen LogP contribution in [-0.4, -0.2) is 35.9 Å². The molecule has 0 saturated heterocycles. The lowest BCUT2D eigenvalue weighted by Gasteiger charge is -2.35. The van der Waals surface area contributed by atoms with Crippen molar-refractivity contribution in [1.82, 2.24) is 4.31 Å². The molecule has 210 valence electrons. The summed E-state index contributed by atoms with van der Waals surface area (Å²) in [5.74, 6) is -1.31. The van der Waals surface area contributed by atoms with Gasteiger partial charge in [-0.05, 0) is 63.3 Å². The van der Waals surface area contributed by atoms with Gasteiger partial charge in [0, 0.05) is 6.54 Å². The quantitative estimate of drug-likeness (QED) is 0.268. The largest absolute Gasteiger partial charge is 0.455 e. The second-order valence-electron chi connectivity index (χ2n) is 10.4. The maximum absolute atomic E-state index is 14.4. The van der Waals surface area contributed by atoms with Gasteiger partial charge in [0.05, 0.1) is 23.0 Å². The Morgan fingerprint density at radius 1 is 0.923 bits per heavy atom. The highest BCUT2D eigenvalue weighted by atomic mass is 32.2. The van der Waals surface area contributed by atoms with Crippen molar-refractivity contribution in [3.05, 3.63) is 101 Å². The summed E-state index contributed by atoms with van der Waals surface area (Å²) in [5, 5.41) is 10.5. The Bertz CT molecular complexity index is 1320. The molecule has 0 bridgehead atoms. The Hall–Kier alpha value is -3.00. The zero-order valence-corrected chi connectivity index (χ0v) is 24.6. The van der Waals surface area contributed by atoms with Crippen LogP contribution in [0, 0.1) is 26.7 Å². The highest BCUT2D eigenvalue weighted by Gasteiger charge is 2.38. The number of carbonyl (C=O) groups excluding carboxylic acids is 1. The van der Waals surface area contributed by atoms with Crippen LogP contribution in [0.3, 0.4) is 0 Å². The Morgan fingerprint density at radius 2 is 1.46 bits per heavy atom. The fourth-order valence-corrected chi connectivity index (χ4v) is 7.11. The molecule has 0 saturated carbocycles. The zero-order chi connectivity index (χ0) is 28.7. The van der Waals surface area contributed by atoms with Gasteiger partial charge in [0.25, 0.3) is 0 Å². The predicted molar refractivity (Wildman–Crippen MR) is 155 cm³/mol. The number of benzene rings is 3. The third-order valence-corrected chi connectivity index (χ3v) is 9.39. The molecule has 0 heterocycles. The van der Waals surface area contributed by atoms with Crippen LogP contribution in [0.1, 0.15) is 67.5 Å². The number of aliphatic hydroxyl groups excluding tert-OH is 1. The van der Waals surface area contributed by atoms with E-state index in [4.69, 9.17) is 4.74 Å². The molecule has 0 aliphatic carbocycles. The SMILES string of the molecule is CCC[C@H](O)[C@@H](C)C(=O)O[C@H](c1ccccc1)[C@H](C)N(Cc1ccccc1)S(=O)(=O)c1c(C)cc(C)cc1C. The van der Waals surface area contributed by atoms with Crippen molar-refractivity contribution in [2.75, 3.05) is 0 Å². The van der Waals surface area contributed by atoms with Gasteiger partial charge < -0.3 is 9.84 Å². The third-order valence-electron chi connectivity index (χ3n) is 7.15. The summed E-state index contributed by atoms with van der Waals surface area (Å²) in [6, 6.07) is 21.6. The van der Waals surface area contributed by atoms with Crippen LogP contribution in [0.4, 0.5) is 0 Å². The fraction of sp³-hybridized carbons (Fsp3) is 0.406. The minimum absolute atomic E-state index is 0.103. The van der Waals surface area contributed by atoms with E-state index in [1.54, 1.807) is 13.8 Å². The van der Waals surface area contributed by atoms with E-state index in [-0.39, 0.29) is 11.4 Å². The number of carbonyl (C=O) groups is 1. The summed E-state index contributed by atoms with van der Waals surface area (Å²) >= 11 is 0.